The van der Waals surface area contributed by atoms with Crippen molar-refractivity contribution in [2.24, 2.45) is 0 Å². The van der Waals surface area contributed by atoms with Gasteiger partial charge in [-0.05, 0) is 24.3 Å². The molecule has 0 saturated heterocycles. The smallest absolute Gasteiger partial charge is 0.416 e. The molecule has 0 radical (unpaired) electrons. The van der Waals surface area contributed by atoms with Crippen molar-refractivity contribution >= 4 is 0 Å². The summed E-state index contributed by atoms with van der Waals surface area (Å²) in [5, 5.41) is 8.60. The van der Waals surface area contributed by atoms with Crippen molar-refractivity contribution in [3.63, 3.8) is 0 Å². The minimum absolute atomic E-state index is 0.0792. The van der Waals surface area contributed by atoms with Crippen LogP contribution in [0.25, 0.3) is 0 Å². The Balaban J connectivity index is 2.18. The fourth-order valence-corrected chi connectivity index (χ4v) is 1.29. The summed E-state index contributed by atoms with van der Waals surface area (Å²) in [5.41, 5.74) is -0.764. The zero-order chi connectivity index (χ0) is 13.9. The molecule has 0 aliphatic carbocycles. The van der Waals surface area contributed by atoms with Crippen molar-refractivity contribution in [1.82, 2.24) is 9.97 Å². The Bertz CT molecular complexity index is 617. The lowest BCUT2D eigenvalue weighted by molar-refractivity contribution is -0.137. The van der Waals surface area contributed by atoms with E-state index in [0.29, 0.717) is 0 Å². The monoisotopic (exact) mass is 265 g/mol. The van der Waals surface area contributed by atoms with Crippen LogP contribution >= 0.6 is 0 Å². The van der Waals surface area contributed by atoms with Crippen LogP contribution < -0.4 is 4.74 Å². The summed E-state index contributed by atoms with van der Waals surface area (Å²) < 4.78 is 42.3. The topological polar surface area (TPSA) is 58.8 Å². The first kappa shape index (κ1) is 12.8. The average molecular weight is 265 g/mol. The number of aromatic nitrogens is 2. The van der Waals surface area contributed by atoms with Gasteiger partial charge >= 0.3 is 6.18 Å². The van der Waals surface area contributed by atoms with Crippen molar-refractivity contribution in [1.29, 1.82) is 5.26 Å². The number of ether oxygens (including phenoxy) is 1. The highest BCUT2D eigenvalue weighted by Crippen LogP contribution is 2.31. The Labute approximate surface area is 106 Å². The van der Waals surface area contributed by atoms with Crippen LogP contribution in [0, 0.1) is 11.3 Å². The zero-order valence-electron chi connectivity index (χ0n) is 9.35. The van der Waals surface area contributed by atoms with E-state index in [1.165, 1.54) is 24.4 Å². The summed E-state index contributed by atoms with van der Waals surface area (Å²) in [6.07, 6.45) is -3.06. The molecule has 0 spiro atoms. The number of halogens is 3. The molecular weight excluding hydrogens is 259 g/mol. The fourth-order valence-electron chi connectivity index (χ4n) is 1.29. The fraction of sp³-hybridized carbons (Fsp3) is 0.0833. The van der Waals surface area contributed by atoms with Crippen LogP contribution in [0.4, 0.5) is 13.2 Å². The molecule has 0 aliphatic rings. The van der Waals surface area contributed by atoms with E-state index >= 15 is 0 Å². The lowest BCUT2D eigenvalue weighted by atomic mass is 10.2. The minimum Gasteiger partial charge on any atom is -0.439 e. The highest BCUT2D eigenvalue weighted by molar-refractivity contribution is 5.31. The Kier molecular flexibility index (Phi) is 3.33. The third-order valence-corrected chi connectivity index (χ3v) is 2.13. The van der Waals surface area contributed by atoms with Crippen molar-refractivity contribution in [2.75, 3.05) is 0 Å². The van der Waals surface area contributed by atoms with E-state index in [2.05, 4.69) is 9.97 Å². The number of alkyl halides is 3. The molecule has 0 bridgehead atoms. The quantitative estimate of drug-likeness (QED) is 0.836. The molecule has 0 unspecified atom stereocenters. The zero-order valence-corrected chi connectivity index (χ0v) is 9.35. The van der Waals surface area contributed by atoms with Gasteiger partial charge in [0.1, 0.15) is 11.8 Å². The van der Waals surface area contributed by atoms with E-state index in [0.717, 1.165) is 12.1 Å². The first-order chi connectivity index (χ1) is 8.99. The van der Waals surface area contributed by atoms with Gasteiger partial charge in [0.2, 0.25) is 11.7 Å². The molecule has 0 N–H and O–H groups in total. The average Bonchev–Trinajstić information content (AvgIpc) is 2.38. The molecule has 19 heavy (non-hydrogen) atoms. The van der Waals surface area contributed by atoms with Gasteiger partial charge in [-0.1, -0.05) is 0 Å². The van der Waals surface area contributed by atoms with Gasteiger partial charge in [-0.3, -0.25) is 0 Å². The largest absolute Gasteiger partial charge is 0.439 e. The molecule has 96 valence electrons. The Hall–Kier alpha value is -2.62. The van der Waals surface area contributed by atoms with Gasteiger partial charge in [-0.15, -0.1) is 0 Å². The van der Waals surface area contributed by atoms with Gasteiger partial charge in [-0.2, -0.15) is 23.4 Å². The number of nitrogens with zero attached hydrogens (tertiary/aromatic N) is 3. The predicted molar refractivity (Wildman–Crippen MR) is 58.3 cm³/mol. The summed E-state index contributed by atoms with van der Waals surface area (Å²) in [6, 6.07) is 7.30. The number of rotatable bonds is 2. The highest BCUT2D eigenvalue weighted by atomic mass is 19.4. The third-order valence-electron chi connectivity index (χ3n) is 2.13. The van der Waals surface area contributed by atoms with Crippen molar-refractivity contribution in [3.05, 3.63) is 47.9 Å². The van der Waals surface area contributed by atoms with Crippen molar-refractivity contribution in [3.8, 4) is 17.7 Å². The molecular formula is C12H6F3N3O. The molecule has 1 aromatic heterocycles. The number of nitriles is 1. The molecule has 0 atom stereocenters. The van der Waals surface area contributed by atoms with E-state index in [9.17, 15) is 13.2 Å². The van der Waals surface area contributed by atoms with Crippen LogP contribution in [-0.2, 0) is 6.18 Å². The lowest BCUT2D eigenvalue weighted by Gasteiger charge is -2.08. The Morgan fingerprint density at radius 2 is 1.79 bits per heavy atom. The van der Waals surface area contributed by atoms with Crippen LogP contribution in [0.3, 0.4) is 0 Å². The summed E-state index contributed by atoms with van der Waals surface area (Å²) in [6.45, 7) is 0. The van der Waals surface area contributed by atoms with Crippen LogP contribution in [0.1, 0.15) is 11.4 Å². The summed E-state index contributed by atoms with van der Waals surface area (Å²) in [5.74, 6) is 0.200. The maximum atomic E-state index is 12.3. The lowest BCUT2D eigenvalue weighted by Crippen LogP contribution is -2.04. The van der Waals surface area contributed by atoms with Gasteiger partial charge in [0.15, 0.2) is 0 Å². The van der Waals surface area contributed by atoms with Crippen LogP contribution in [-0.4, -0.2) is 9.97 Å². The normalized spacial score (nSPS) is 10.8. The van der Waals surface area contributed by atoms with Crippen LogP contribution in [0.5, 0.6) is 11.6 Å². The molecule has 2 rings (SSSR count). The van der Waals surface area contributed by atoms with Gasteiger partial charge in [0.05, 0.1) is 5.56 Å². The first-order valence-corrected chi connectivity index (χ1v) is 5.07. The molecule has 0 saturated carbocycles. The van der Waals surface area contributed by atoms with E-state index in [-0.39, 0.29) is 17.5 Å². The molecule has 0 aliphatic heterocycles. The molecule has 1 aromatic carbocycles. The van der Waals surface area contributed by atoms with Crippen LogP contribution in [0.2, 0.25) is 0 Å². The van der Waals surface area contributed by atoms with Gasteiger partial charge in [-0.25, -0.2) is 4.98 Å². The van der Waals surface area contributed by atoms with Crippen molar-refractivity contribution in [2.45, 2.75) is 6.18 Å². The second kappa shape index (κ2) is 4.94. The second-order valence-corrected chi connectivity index (χ2v) is 3.45. The Morgan fingerprint density at radius 3 is 2.37 bits per heavy atom. The SMILES string of the molecule is N#Cc1nccc(Oc2ccc(C(F)(F)F)cc2)n1. The summed E-state index contributed by atoms with van der Waals surface area (Å²) in [4.78, 5) is 7.39. The molecule has 0 amide bonds. The molecule has 7 heteroatoms. The predicted octanol–water partition coefficient (Wildman–Crippen LogP) is 3.16. The van der Waals surface area contributed by atoms with Crippen molar-refractivity contribution < 1.29 is 17.9 Å². The third kappa shape index (κ3) is 3.19. The van der Waals surface area contributed by atoms with E-state index < -0.39 is 11.7 Å². The maximum absolute atomic E-state index is 12.3. The molecule has 4 nitrogen and oxygen atoms in total. The van der Waals surface area contributed by atoms with E-state index in [1.807, 2.05) is 0 Å². The number of hydrogen-bond acceptors (Lipinski definition) is 4. The van der Waals surface area contributed by atoms with Gasteiger partial charge in [0, 0.05) is 12.3 Å². The molecule has 2 aromatic rings. The number of hydrogen-bond donors (Lipinski definition) is 0. The maximum Gasteiger partial charge on any atom is 0.416 e. The van der Waals surface area contributed by atoms with Gasteiger partial charge in [0.25, 0.3) is 0 Å². The van der Waals surface area contributed by atoms with E-state index in [4.69, 9.17) is 10.00 Å². The van der Waals surface area contributed by atoms with Crippen LogP contribution in [0.15, 0.2) is 36.5 Å². The second-order valence-electron chi connectivity index (χ2n) is 3.45. The standard InChI is InChI=1S/C12H6F3N3O/c13-12(14,15)8-1-3-9(4-2-8)19-11-5-6-17-10(7-16)18-11/h1-6H. The minimum atomic E-state index is -4.39. The Morgan fingerprint density at radius 1 is 1.11 bits per heavy atom. The molecule has 1 heterocycles. The van der Waals surface area contributed by atoms with E-state index in [1.54, 1.807) is 6.07 Å². The summed E-state index contributed by atoms with van der Waals surface area (Å²) in [7, 11) is 0. The summed E-state index contributed by atoms with van der Waals surface area (Å²) >= 11 is 0. The van der Waals surface area contributed by atoms with Gasteiger partial charge < -0.3 is 4.74 Å². The molecule has 0 fully saturated rings. The number of benzene rings is 1. The first-order valence-electron chi connectivity index (χ1n) is 5.07. The highest BCUT2D eigenvalue weighted by Gasteiger charge is 2.30.